The first kappa shape index (κ1) is 19.4. The van der Waals surface area contributed by atoms with Gasteiger partial charge in [0.25, 0.3) is 5.91 Å². The zero-order valence-corrected chi connectivity index (χ0v) is 16.1. The fourth-order valence-electron chi connectivity index (χ4n) is 3.25. The largest absolute Gasteiger partial charge is 0.350 e. The molecule has 5 nitrogen and oxygen atoms in total. The summed E-state index contributed by atoms with van der Waals surface area (Å²) in [5.74, 6) is -0.526. The molecule has 1 saturated heterocycles. The van der Waals surface area contributed by atoms with Crippen LogP contribution in [0.25, 0.3) is 0 Å². The molecular formula is C21H24ClN3O2. The van der Waals surface area contributed by atoms with E-state index in [-0.39, 0.29) is 17.9 Å². The van der Waals surface area contributed by atoms with Gasteiger partial charge < -0.3 is 10.6 Å². The lowest BCUT2D eigenvalue weighted by molar-refractivity contribution is -0.123. The average Bonchev–Trinajstić information content (AvgIpc) is 3.09. The number of rotatable bonds is 6. The summed E-state index contributed by atoms with van der Waals surface area (Å²) in [6, 6.07) is 16.6. The monoisotopic (exact) mass is 385 g/mol. The summed E-state index contributed by atoms with van der Waals surface area (Å²) in [7, 11) is 0. The number of carbonyl (C=O) groups excluding carboxylic acids is 2. The van der Waals surface area contributed by atoms with Gasteiger partial charge >= 0.3 is 0 Å². The van der Waals surface area contributed by atoms with E-state index < -0.39 is 6.04 Å². The van der Waals surface area contributed by atoms with Crippen molar-refractivity contribution in [1.29, 1.82) is 0 Å². The Morgan fingerprint density at radius 3 is 2.59 bits per heavy atom. The minimum Gasteiger partial charge on any atom is -0.350 e. The average molecular weight is 386 g/mol. The molecule has 2 aromatic rings. The Labute approximate surface area is 164 Å². The van der Waals surface area contributed by atoms with E-state index in [0.717, 1.165) is 26.1 Å². The Morgan fingerprint density at radius 2 is 1.85 bits per heavy atom. The van der Waals surface area contributed by atoms with Crippen LogP contribution in [0.15, 0.2) is 54.6 Å². The second-order valence-corrected chi connectivity index (χ2v) is 7.30. The van der Waals surface area contributed by atoms with E-state index in [0.29, 0.717) is 10.6 Å². The fourth-order valence-corrected chi connectivity index (χ4v) is 3.47. The molecule has 142 valence electrons. The van der Waals surface area contributed by atoms with Crippen LogP contribution in [0.1, 0.15) is 29.3 Å². The van der Waals surface area contributed by atoms with Gasteiger partial charge in [0, 0.05) is 25.7 Å². The summed E-state index contributed by atoms with van der Waals surface area (Å²) in [6.07, 6.45) is 0.907. The van der Waals surface area contributed by atoms with Crippen LogP contribution in [0, 0.1) is 0 Å². The summed E-state index contributed by atoms with van der Waals surface area (Å²) in [6.45, 7) is 4.32. The van der Waals surface area contributed by atoms with Gasteiger partial charge in [-0.3, -0.25) is 14.5 Å². The highest BCUT2D eigenvalue weighted by Crippen LogP contribution is 2.15. The van der Waals surface area contributed by atoms with Crippen molar-refractivity contribution in [3.8, 4) is 0 Å². The van der Waals surface area contributed by atoms with Gasteiger partial charge in [0.1, 0.15) is 6.04 Å². The van der Waals surface area contributed by atoms with Crippen molar-refractivity contribution in [3.63, 3.8) is 0 Å². The molecule has 0 radical (unpaired) electrons. The van der Waals surface area contributed by atoms with Crippen molar-refractivity contribution >= 4 is 23.4 Å². The van der Waals surface area contributed by atoms with E-state index >= 15 is 0 Å². The molecule has 6 heteroatoms. The molecule has 0 saturated carbocycles. The number of amides is 2. The number of nitrogens with one attached hydrogen (secondary N) is 2. The maximum absolute atomic E-state index is 12.4. The first-order valence-electron chi connectivity index (χ1n) is 9.15. The molecule has 0 bridgehead atoms. The van der Waals surface area contributed by atoms with Crippen LogP contribution in [0.4, 0.5) is 0 Å². The third-order valence-electron chi connectivity index (χ3n) is 4.73. The van der Waals surface area contributed by atoms with Crippen LogP contribution in [0.2, 0.25) is 5.02 Å². The maximum Gasteiger partial charge on any atom is 0.253 e. The maximum atomic E-state index is 12.4. The molecule has 1 fully saturated rings. The predicted molar refractivity (Wildman–Crippen MR) is 107 cm³/mol. The quantitative estimate of drug-likeness (QED) is 0.803. The molecular weight excluding hydrogens is 362 g/mol. The Balaban J connectivity index is 1.47. The van der Waals surface area contributed by atoms with E-state index in [1.165, 1.54) is 5.56 Å². The summed E-state index contributed by atoms with van der Waals surface area (Å²) in [4.78, 5) is 27.1. The SMILES string of the molecule is CC(NC(=O)c1ccccc1Cl)C(=O)NC1CCN(Cc2ccccc2)C1. The number of hydrogen-bond donors (Lipinski definition) is 2. The summed E-state index contributed by atoms with van der Waals surface area (Å²) >= 11 is 6.04. The molecule has 0 aromatic heterocycles. The van der Waals surface area contributed by atoms with Gasteiger partial charge in [-0.25, -0.2) is 0 Å². The minimum atomic E-state index is -0.628. The smallest absolute Gasteiger partial charge is 0.253 e. The molecule has 2 atom stereocenters. The lowest BCUT2D eigenvalue weighted by Gasteiger charge is -2.19. The normalized spacial score (nSPS) is 18.1. The van der Waals surface area contributed by atoms with Crippen LogP contribution in [0.5, 0.6) is 0 Å². The van der Waals surface area contributed by atoms with E-state index in [1.807, 2.05) is 18.2 Å². The third-order valence-corrected chi connectivity index (χ3v) is 5.06. The Hall–Kier alpha value is -2.37. The highest BCUT2D eigenvalue weighted by Gasteiger charge is 2.26. The molecule has 1 heterocycles. The van der Waals surface area contributed by atoms with Crippen molar-refractivity contribution in [2.24, 2.45) is 0 Å². The molecule has 2 amide bonds. The van der Waals surface area contributed by atoms with Crippen LogP contribution < -0.4 is 10.6 Å². The second-order valence-electron chi connectivity index (χ2n) is 6.89. The lowest BCUT2D eigenvalue weighted by Crippen LogP contribution is -2.48. The first-order chi connectivity index (χ1) is 13.0. The summed E-state index contributed by atoms with van der Waals surface area (Å²) in [5, 5.41) is 6.12. The van der Waals surface area contributed by atoms with E-state index in [2.05, 4.69) is 27.7 Å². The molecule has 1 aliphatic heterocycles. The molecule has 2 N–H and O–H groups in total. The number of benzene rings is 2. The van der Waals surface area contributed by atoms with Crippen molar-refractivity contribution < 1.29 is 9.59 Å². The van der Waals surface area contributed by atoms with Crippen LogP contribution >= 0.6 is 11.6 Å². The molecule has 1 aliphatic rings. The van der Waals surface area contributed by atoms with Crippen LogP contribution in [-0.4, -0.2) is 41.9 Å². The van der Waals surface area contributed by atoms with E-state index in [1.54, 1.807) is 31.2 Å². The predicted octanol–water partition coefficient (Wildman–Crippen LogP) is 2.85. The molecule has 2 aromatic carbocycles. The van der Waals surface area contributed by atoms with E-state index in [4.69, 9.17) is 11.6 Å². The number of halogens is 1. The second kappa shape index (κ2) is 9.02. The molecule has 0 aliphatic carbocycles. The zero-order valence-electron chi connectivity index (χ0n) is 15.3. The molecule has 0 spiro atoms. The van der Waals surface area contributed by atoms with Gasteiger partial charge in [0.05, 0.1) is 10.6 Å². The summed E-state index contributed by atoms with van der Waals surface area (Å²) in [5.41, 5.74) is 1.64. The molecule has 2 unspecified atom stereocenters. The summed E-state index contributed by atoms with van der Waals surface area (Å²) < 4.78 is 0. The van der Waals surface area contributed by atoms with Gasteiger partial charge in [0.15, 0.2) is 0 Å². The highest BCUT2D eigenvalue weighted by atomic mass is 35.5. The van der Waals surface area contributed by atoms with Gasteiger partial charge in [-0.1, -0.05) is 54.1 Å². The van der Waals surface area contributed by atoms with E-state index in [9.17, 15) is 9.59 Å². The molecule has 3 rings (SSSR count). The third kappa shape index (κ3) is 5.31. The van der Waals surface area contributed by atoms with Crippen LogP contribution in [0.3, 0.4) is 0 Å². The van der Waals surface area contributed by atoms with Gasteiger partial charge in [-0.15, -0.1) is 0 Å². The fraction of sp³-hybridized carbons (Fsp3) is 0.333. The Kier molecular flexibility index (Phi) is 6.48. The van der Waals surface area contributed by atoms with Crippen LogP contribution in [-0.2, 0) is 11.3 Å². The standard InChI is InChI=1S/C21H24ClN3O2/c1-15(23-21(27)18-9-5-6-10-19(18)22)20(26)24-17-11-12-25(14-17)13-16-7-3-2-4-8-16/h2-10,15,17H,11-14H2,1H3,(H,23,27)(H,24,26). The minimum absolute atomic E-state index is 0.0980. The van der Waals surface area contributed by atoms with Gasteiger partial charge in [0.2, 0.25) is 5.91 Å². The van der Waals surface area contributed by atoms with Gasteiger partial charge in [-0.2, -0.15) is 0 Å². The zero-order chi connectivity index (χ0) is 19.2. The van der Waals surface area contributed by atoms with Crippen molar-refractivity contribution in [3.05, 3.63) is 70.7 Å². The van der Waals surface area contributed by atoms with Crippen molar-refractivity contribution in [2.45, 2.75) is 32.0 Å². The topological polar surface area (TPSA) is 61.4 Å². The number of hydrogen-bond acceptors (Lipinski definition) is 3. The van der Waals surface area contributed by atoms with Gasteiger partial charge in [-0.05, 0) is 31.0 Å². The van der Waals surface area contributed by atoms with Crippen molar-refractivity contribution in [2.75, 3.05) is 13.1 Å². The van der Waals surface area contributed by atoms with Crippen molar-refractivity contribution in [1.82, 2.24) is 15.5 Å². The highest BCUT2D eigenvalue weighted by molar-refractivity contribution is 6.33. The number of nitrogens with zero attached hydrogens (tertiary/aromatic N) is 1. The molecule has 27 heavy (non-hydrogen) atoms. The lowest BCUT2D eigenvalue weighted by atomic mass is 10.2. The number of carbonyl (C=O) groups is 2. The number of likely N-dealkylation sites (tertiary alicyclic amines) is 1. The first-order valence-corrected chi connectivity index (χ1v) is 9.53. The Morgan fingerprint density at radius 1 is 1.15 bits per heavy atom. The Bertz CT molecular complexity index is 797.